The van der Waals surface area contributed by atoms with Gasteiger partial charge >= 0.3 is 0 Å². The molecule has 0 aromatic rings. The van der Waals surface area contributed by atoms with Crippen LogP contribution in [0, 0.1) is 5.92 Å². The summed E-state index contributed by atoms with van der Waals surface area (Å²) in [5, 5.41) is 0. The lowest BCUT2D eigenvalue weighted by molar-refractivity contribution is 0.0944. The van der Waals surface area contributed by atoms with E-state index in [0.29, 0.717) is 12.1 Å². The van der Waals surface area contributed by atoms with E-state index in [0.717, 1.165) is 19.0 Å². The minimum atomic E-state index is 0.339. The Hall–Kier alpha value is -0.120. The number of hydrogen-bond acceptors (Lipinski definition) is 3. The first-order chi connectivity index (χ1) is 7.50. The number of piperazine rings is 1. The zero-order chi connectivity index (χ0) is 12.1. The van der Waals surface area contributed by atoms with Crippen LogP contribution in [0.5, 0.6) is 0 Å². The first kappa shape index (κ1) is 13.9. The molecule has 0 aromatic carbocycles. The number of nitrogens with two attached hydrogens (primary N) is 1. The molecule has 2 N–H and O–H groups in total. The van der Waals surface area contributed by atoms with Crippen LogP contribution in [0.15, 0.2) is 0 Å². The van der Waals surface area contributed by atoms with Crippen molar-refractivity contribution in [3.63, 3.8) is 0 Å². The maximum atomic E-state index is 6.32. The fourth-order valence-corrected chi connectivity index (χ4v) is 2.46. The van der Waals surface area contributed by atoms with Crippen LogP contribution in [-0.4, -0.2) is 55.6 Å². The summed E-state index contributed by atoms with van der Waals surface area (Å²) in [5.41, 5.74) is 6.32. The first-order valence-corrected chi connectivity index (χ1v) is 6.65. The lowest BCUT2D eigenvalue weighted by Crippen LogP contribution is -2.57. The van der Waals surface area contributed by atoms with Crippen molar-refractivity contribution in [3.05, 3.63) is 0 Å². The molecule has 0 spiro atoms. The van der Waals surface area contributed by atoms with Gasteiger partial charge in [-0.25, -0.2) is 0 Å². The van der Waals surface area contributed by atoms with E-state index in [1.165, 1.54) is 25.8 Å². The molecule has 1 heterocycles. The Balaban J connectivity index is 2.30. The average molecular weight is 227 g/mol. The molecule has 0 amide bonds. The van der Waals surface area contributed by atoms with Gasteiger partial charge in [-0.05, 0) is 26.4 Å². The monoisotopic (exact) mass is 227 g/mol. The van der Waals surface area contributed by atoms with E-state index in [-0.39, 0.29) is 0 Å². The van der Waals surface area contributed by atoms with E-state index in [4.69, 9.17) is 5.73 Å². The van der Waals surface area contributed by atoms with Crippen LogP contribution in [0.4, 0.5) is 0 Å². The third-order valence-electron chi connectivity index (χ3n) is 3.71. The second-order valence-electron chi connectivity index (χ2n) is 5.80. The predicted octanol–water partition coefficient (Wildman–Crippen LogP) is 1.39. The van der Waals surface area contributed by atoms with Gasteiger partial charge in [0, 0.05) is 31.7 Å². The van der Waals surface area contributed by atoms with Gasteiger partial charge in [-0.3, -0.25) is 4.90 Å². The van der Waals surface area contributed by atoms with Crippen molar-refractivity contribution >= 4 is 0 Å². The van der Waals surface area contributed by atoms with E-state index in [1.807, 2.05) is 0 Å². The van der Waals surface area contributed by atoms with E-state index in [9.17, 15) is 0 Å². The molecule has 2 atom stereocenters. The third kappa shape index (κ3) is 4.40. The van der Waals surface area contributed by atoms with Crippen molar-refractivity contribution in [2.24, 2.45) is 11.7 Å². The molecular formula is C13H29N3. The molecule has 0 radical (unpaired) electrons. The van der Waals surface area contributed by atoms with Crippen LogP contribution >= 0.6 is 0 Å². The zero-order valence-corrected chi connectivity index (χ0v) is 11.4. The number of nitrogens with zero attached hydrogens (tertiary/aromatic N) is 2. The van der Waals surface area contributed by atoms with Crippen molar-refractivity contribution in [3.8, 4) is 0 Å². The van der Waals surface area contributed by atoms with Crippen molar-refractivity contribution in [2.45, 2.75) is 45.2 Å². The summed E-state index contributed by atoms with van der Waals surface area (Å²) in [6, 6.07) is 0.886. The van der Waals surface area contributed by atoms with Gasteiger partial charge in [-0.2, -0.15) is 0 Å². The number of likely N-dealkylation sites (N-methyl/N-ethyl adjacent to an activating group) is 2. The fourth-order valence-electron chi connectivity index (χ4n) is 2.46. The summed E-state index contributed by atoms with van der Waals surface area (Å²) < 4.78 is 0. The minimum Gasteiger partial charge on any atom is -0.326 e. The average Bonchev–Trinajstić information content (AvgIpc) is 2.21. The highest BCUT2D eigenvalue weighted by molar-refractivity contribution is 4.86. The van der Waals surface area contributed by atoms with Gasteiger partial charge in [0.2, 0.25) is 0 Å². The topological polar surface area (TPSA) is 32.5 Å². The Kier molecular flexibility index (Phi) is 5.73. The van der Waals surface area contributed by atoms with E-state index in [2.05, 4.69) is 37.7 Å². The maximum absolute atomic E-state index is 6.32. The highest BCUT2D eigenvalue weighted by Gasteiger charge is 2.26. The molecule has 1 aliphatic rings. The fraction of sp³-hybridized carbons (Fsp3) is 1.00. The predicted molar refractivity (Wildman–Crippen MR) is 70.6 cm³/mol. The first-order valence-electron chi connectivity index (χ1n) is 6.65. The lowest BCUT2D eigenvalue weighted by Gasteiger charge is -2.40. The molecule has 2 unspecified atom stereocenters. The summed E-state index contributed by atoms with van der Waals surface area (Å²) in [4.78, 5) is 4.83. The van der Waals surface area contributed by atoms with Gasteiger partial charge < -0.3 is 10.6 Å². The molecule has 1 fully saturated rings. The van der Waals surface area contributed by atoms with Crippen LogP contribution in [0.25, 0.3) is 0 Å². The minimum absolute atomic E-state index is 0.339. The second-order valence-corrected chi connectivity index (χ2v) is 5.80. The SMILES string of the molecule is CC(C)CCCC(N)C1CN(C)CCN1C. The molecule has 0 bridgehead atoms. The molecule has 96 valence electrons. The van der Waals surface area contributed by atoms with Gasteiger partial charge in [-0.1, -0.05) is 26.7 Å². The molecule has 1 rings (SSSR count). The molecule has 0 aromatic heterocycles. The standard InChI is InChI=1S/C13H29N3/c1-11(2)6-5-7-12(14)13-10-15(3)8-9-16(13)4/h11-13H,5-10,14H2,1-4H3. The highest BCUT2D eigenvalue weighted by Crippen LogP contribution is 2.14. The Bertz CT molecular complexity index is 194. The van der Waals surface area contributed by atoms with Gasteiger partial charge in [-0.15, -0.1) is 0 Å². The smallest absolute Gasteiger partial charge is 0.0371 e. The molecule has 0 saturated carbocycles. The summed E-state index contributed by atoms with van der Waals surface area (Å²) in [7, 11) is 4.40. The Labute approximate surface area is 101 Å². The Morgan fingerprint density at radius 1 is 1.19 bits per heavy atom. The van der Waals surface area contributed by atoms with E-state index in [1.54, 1.807) is 0 Å². The molecule has 16 heavy (non-hydrogen) atoms. The van der Waals surface area contributed by atoms with Crippen LogP contribution < -0.4 is 5.73 Å². The third-order valence-corrected chi connectivity index (χ3v) is 3.71. The van der Waals surface area contributed by atoms with Gasteiger partial charge in [0.1, 0.15) is 0 Å². The molecule has 0 aliphatic carbocycles. The summed E-state index contributed by atoms with van der Waals surface area (Å²) in [6.45, 7) is 8.02. The van der Waals surface area contributed by atoms with Crippen molar-refractivity contribution < 1.29 is 0 Å². The van der Waals surface area contributed by atoms with E-state index >= 15 is 0 Å². The van der Waals surface area contributed by atoms with Crippen molar-refractivity contribution in [1.29, 1.82) is 0 Å². The molecule has 3 nitrogen and oxygen atoms in total. The van der Waals surface area contributed by atoms with Gasteiger partial charge in [0.25, 0.3) is 0 Å². The highest BCUT2D eigenvalue weighted by atomic mass is 15.3. The van der Waals surface area contributed by atoms with Crippen molar-refractivity contribution in [2.75, 3.05) is 33.7 Å². The molecular weight excluding hydrogens is 198 g/mol. The molecule has 1 saturated heterocycles. The van der Waals surface area contributed by atoms with Crippen LogP contribution in [0.2, 0.25) is 0 Å². The van der Waals surface area contributed by atoms with Crippen LogP contribution in [0.3, 0.4) is 0 Å². The van der Waals surface area contributed by atoms with E-state index < -0.39 is 0 Å². The molecule has 3 heteroatoms. The second kappa shape index (κ2) is 6.58. The normalized spacial score (nSPS) is 26.2. The Morgan fingerprint density at radius 2 is 1.88 bits per heavy atom. The quantitative estimate of drug-likeness (QED) is 0.770. The number of rotatable bonds is 5. The molecule has 1 aliphatic heterocycles. The summed E-state index contributed by atoms with van der Waals surface area (Å²) in [6.07, 6.45) is 3.74. The van der Waals surface area contributed by atoms with Gasteiger partial charge in [0.05, 0.1) is 0 Å². The zero-order valence-electron chi connectivity index (χ0n) is 11.4. The van der Waals surface area contributed by atoms with Crippen molar-refractivity contribution in [1.82, 2.24) is 9.80 Å². The maximum Gasteiger partial charge on any atom is 0.0371 e. The Morgan fingerprint density at radius 3 is 2.50 bits per heavy atom. The largest absolute Gasteiger partial charge is 0.326 e. The van der Waals surface area contributed by atoms with Crippen LogP contribution in [0.1, 0.15) is 33.1 Å². The van der Waals surface area contributed by atoms with Crippen LogP contribution in [-0.2, 0) is 0 Å². The number of hydrogen-bond donors (Lipinski definition) is 1. The van der Waals surface area contributed by atoms with Gasteiger partial charge in [0.15, 0.2) is 0 Å². The lowest BCUT2D eigenvalue weighted by atomic mass is 9.97. The summed E-state index contributed by atoms with van der Waals surface area (Å²) in [5.74, 6) is 0.805. The summed E-state index contributed by atoms with van der Waals surface area (Å²) >= 11 is 0.